The summed E-state index contributed by atoms with van der Waals surface area (Å²) in [7, 11) is 0. The molecular weight excluding hydrogens is 641 g/mol. The van der Waals surface area contributed by atoms with E-state index < -0.39 is 29.6 Å². The molecule has 4 aromatic heterocycles. The van der Waals surface area contributed by atoms with E-state index in [2.05, 4.69) is 35.8 Å². The van der Waals surface area contributed by atoms with Crippen molar-refractivity contribution in [3.63, 3.8) is 0 Å². The number of nitrogens with one attached hydrogen (secondary N) is 2. The Bertz CT molecular complexity index is 1750. The number of anilines is 1. The van der Waals surface area contributed by atoms with Crippen molar-refractivity contribution in [2.45, 2.75) is 65.3 Å². The lowest BCUT2D eigenvalue weighted by atomic mass is 10.0. The van der Waals surface area contributed by atoms with Crippen molar-refractivity contribution in [3.05, 3.63) is 41.5 Å². The Morgan fingerprint density at radius 3 is 2.43 bits per heavy atom. The molecule has 5 heterocycles. The number of carbonyl (C=O) groups excluding carboxylic acids is 2. The summed E-state index contributed by atoms with van der Waals surface area (Å²) < 4.78 is 58.2. The van der Waals surface area contributed by atoms with Gasteiger partial charge in [0.1, 0.15) is 22.5 Å². The highest BCUT2D eigenvalue weighted by Gasteiger charge is 2.34. The van der Waals surface area contributed by atoms with Gasteiger partial charge in [0, 0.05) is 73.9 Å². The molecule has 1 aliphatic heterocycles. The van der Waals surface area contributed by atoms with Crippen LogP contribution in [0.2, 0.25) is 0 Å². The van der Waals surface area contributed by atoms with E-state index in [0.29, 0.717) is 55.1 Å². The second-order valence-electron chi connectivity index (χ2n) is 11.6. The molecule has 4 aromatic rings. The fraction of sp³-hybridized carbons (Fsp3) is 0.433. The molecule has 0 saturated carbocycles. The van der Waals surface area contributed by atoms with Crippen LogP contribution in [0.15, 0.2) is 34.3 Å². The number of alkyl halides is 3. The van der Waals surface area contributed by atoms with Crippen molar-refractivity contribution in [3.8, 4) is 39.0 Å². The third-order valence-corrected chi connectivity index (χ3v) is 7.67. The Hall–Kier alpha value is -4.80. The largest absolute Gasteiger partial charge is 0.474 e. The topological polar surface area (TPSA) is 157 Å². The first-order valence-electron chi connectivity index (χ1n) is 14.7. The molecule has 3 amide bonds. The summed E-state index contributed by atoms with van der Waals surface area (Å²) in [6.45, 7) is 9.90. The first kappa shape index (κ1) is 33.6. The molecule has 47 heavy (non-hydrogen) atoms. The predicted molar refractivity (Wildman–Crippen MR) is 166 cm³/mol. The van der Waals surface area contributed by atoms with Crippen LogP contribution in [0.25, 0.3) is 33.2 Å². The van der Waals surface area contributed by atoms with Crippen LogP contribution >= 0.6 is 11.3 Å². The van der Waals surface area contributed by atoms with Crippen LogP contribution in [0.5, 0.6) is 5.88 Å². The molecule has 1 fully saturated rings. The van der Waals surface area contributed by atoms with E-state index in [0.717, 1.165) is 16.7 Å². The van der Waals surface area contributed by atoms with Gasteiger partial charge in [-0.1, -0.05) is 0 Å². The number of urea groups is 1. The Kier molecular flexibility index (Phi) is 9.65. The van der Waals surface area contributed by atoms with Gasteiger partial charge in [0.2, 0.25) is 17.7 Å². The van der Waals surface area contributed by atoms with Gasteiger partial charge in [0.25, 0.3) is 0 Å². The van der Waals surface area contributed by atoms with Crippen LogP contribution in [0.1, 0.15) is 52.1 Å². The van der Waals surface area contributed by atoms with Crippen LogP contribution in [-0.2, 0) is 10.9 Å². The molecule has 17 heteroatoms. The maximum atomic E-state index is 13.6. The zero-order chi connectivity index (χ0) is 33.9. The van der Waals surface area contributed by atoms with Crippen LogP contribution in [0, 0.1) is 6.92 Å². The summed E-state index contributed by atoms with van der Waals surface area (Å²) in [6, 6.07) is 2.57. The fourth-order valence-corrected chi connectivity index (χ4v) is 5.53. The summed E-state index contributed by atoms with van der Waals surface area (Å²) in [4.78, 5) is 39.2. The molecule has 5 rings (SSSR count). The second kappa shape index (κ2) is 13.5. The monoisotopic (exact) mass is 674 g/mol. The SMILES string of the molecule is CCNC(=O)Nc1cc(-c2nc(C(F)(F)F)cs2)c(-c2cc(-c3nnc(C)o3)cnc2OC2CCN(C(=O)OC(C)(C)C)CC2)cn1. The highest BCUT2D eigenvalue weighted by molar-refractivity contribution is 7.13. The summed E-state index contributed by atoms with van der Waals surface area (Å²) >= 11 is 0.790. The molecule has 0 bridgehead atoms. The number of ether oxygens (including phenoxy) is 2. The van der Waals surface area contributed by atoms with E-state index in [1.807, 2.05) is 0 Å². The molecule has 0 spiro atoms. The number of amides is 3. The van der Waals surface area contributed by atoms with Gasteiger partial charge in [-0.05, 0) is 39.8 Å². The van der Waals surface area contributed by atoms with Crippen LogP contribution in [0.3, 0.4) is 0 Å². The molecule has 1 aliphatic rings. The third kappa shape index (κ3) is 8.33. The fourth-order valence-electron chi connectivity index (χ4n) is 4.67. The first-order valence-corrected chi connectivity index (χ1v) is 15.6. The van der Waals surface area contributed by atoms with Gasteiger partial charge >= 0.3 is 18.3 Å². The zero-order valence-electron chi connectivity index (χ0n) is 26.3. The average Bonchev–Trinajstić information content (AvgIpc) is 3.67. The lowest BCUT2D eigenvalue weighted by Gasteiger charge is -2.33. The number of carbonyl (C=O) groups is 2. The minimum absolute atomic E-state index is 0.0318. The number of hydrogen-bond donors (Lipinski definition) is 2. The predicted octanol–water partition coefficient (Wildman–Crippen LogP) is 6.56. The van der Waals surface area contributed by atoms with E-state index in [4.69, 9.17) is 13.9 Å². The van der Waals surface area contributed by atoms with E-state index in [1.54, 1.807) is 45.6 Å². The smallest absolute Gasteiger partial charge is 0.434 e. The Morgan fingerprint density at radius 2 is 1.81 bits per heavy atom. The number of pyridine rings is 2. The van der Waals surface area contributed by atoms with Gasteiger partial charge in [-0.25, -0.2) is 24.5 Å². The second-order valence-corrected chi connectivity index (χ2v) is 12.5. The molecule has 13 nitrogen and oxygen atoms in total. The van der Waals surface area contributed by atoms with E-state index in [-0.39, 0.29) is 34.3 Å². The summed E-state index contributed by atoms with van der Waals surface area (Å²) in [5.41, 5.74) is -0.308. The molecule has 250 valence electrons. The minimum Gasteiger partial charge on any atom is -0.474 e. The van der Waals surface area contributed by atoms with E-state index in [9.17, 15) is 22.8 Å². The van der Waals surface area contributed by atoms with Gasteiger partial charge in [-0.2, -0.15) is 13.2 Å². The van der Waals surface area contributed by atoms with Crippen LogP contribution < -0.4 is 15.4 Å². The number of nitrogens with zero attached hydrogens (tertiary/aromatic N) is 6. The number of likely N-dealkylation sites (tertiary alicyclic amines) is 1. The standard InChI is InChI=1S/C30H33F3N8O5S/c1-6-34-27(42)38-23-12-20(26-37-22(15-47-26)30(31,32)33)21(14-35-23)19-11-17(24-40-39-16(2)44-24)13-36-25(19)45-18-7-9-41(10-8-18)28(43)46-29(3,4)5/h11-15,18H,6-10H2,1-5H3,(H2,34,35,38,42). The lowest BCUT2D eigenvalue weighted by Crippen LogP contribution is -2.44. The molecule has 0 radical (unpaired) electrons. The average molecular weight is 675 g/mol. The summed E-state index contributed by atoms with van der Waals surface area (Å²) in [6.07, 6.45) is -1.56. The molecule has 1 saturated heterocycles. The highest BCUT2D eigenvalue weighted by atomic mass is 32.1. The number of aromatic nitrogens is 5. The Balaban J connectivity index is 1.54. The van der Waals surface area contributed by atoms with Gasteiger partial charge in [-0.15, -0.1) is 21.5 Å². The van der Waals surface area contributed by atoms with E-state index >= 15 is 0 Å². The number of aryl methyl sites for hydroxylation is 1. The quantitative estimate of drug-likeness (QED) is 0.220. The first-order chi connectivity index (χ1) is 22.2. The van der Waals surface area contributed by atoms with Crippen molar-refractivity contribution >= 4 is 29.3 Å². The molecule has 2 N–H and O–H groups in total. The summed E-state index contributed by atoms with van der Waals surface area (Å²) in [5.74, 6) is 0.753. The van der Waals surface area contributed by atoms with Crippen LogP contribution in [0.4, 0.5) is 28.6 Å². The number of rotatable bonds is 7. The number of halogens is 3. The van der Waals surface area contributed by atoms with Gasteiger partial charge in [0.15, 0.2) is 5.69 Å². The Morgan fingerprint density at radius 1 is 1.06 bits per heavy atom. The molecule has 0 atom stereocenters. The molecule has 0 aromatic carbocycles. The normalized spacial score (nSPS) is 14.2. The molecule has 0 unspecified atom stereocenters. The van der Waals surface area contributed by atoms with Crippen LogP contribution in [-0.4, -0.2) is 73.5 Å². The van der Waals surface area contributed by atoms with Crippen molar-refractivity contribution in [1.82, 2.24) is 35.4 Å². The van der Waals surface area contributed by atoms with Crippen molar-refractivity contribution in [2.24, 2.45) is 0 Å². The van der Waals surface area contributed by atoms with Gasteiger partial charge in [0.05, 0.1) is 5.56 Å². The molecule has 0 aliphatic carbocycles. The number of hydrogen-bond acceptors (Lipinski definition) is 11. The number of piperidine rings is 1. The van der Waals surface area contributed by atoms with Crippen molar-refractivity contribution < 1.29 is 36.7 Å². The van der Waals surface area contributed by atoms with Crippen molar-refractivity contribution in [2.75, 3.05) is 25.0 Å². The maximum absolute atomic E-state index is 13.6. The number of thiazole rings is 1. The third-order valence-electron chi connectivity index (χ3n) is 6.79. The lowest BCUT2D eigenvalue weighted by molar-refractivity contribution is -0.140. The minimum atomic E-state index is -4.66. The molecular formula is C30H33F3N8O5S. The van der Waals surface area contributed by atoms with Crippen molar-refractivity contribution in [1.29, 1.82) is 0 Å². The summed E-state index contributed by atoms with van der Waals surface area (Å²) in [5, 5.41) is 14.1. The Labute approximate surface area is 271 Å². The maximum Gasteiger partial charge on any atom is 0.434 e. The zero-order valence-corrected chi connectivity index (χ0v) is 27.1. The van der Waals surface area contributed by atoms with E-state index in [1.165, 1.54) is 18.5 Å². The van der Waals surface area contributed by atoms with Gasteiger partial charge in [-0.3, -0.25) is 5.32 Å². The highest BCUT2D eigenvalue weighted by Crippen LogP contribution is 2.42. The van der Waals surface area contributed by atoms with Gasteiger partial charge < -0.3 is 24.1 Å².